The van der Waals surface area contributed by atoms with Crippen LogP contribution in [-0.4, -0.2) is 37.6 Å². The minimum absolute atomic E-state index is 0.0581. The van der Waals surface area contributed by atoms with Crippen molar-refractivity contribution >= 4 is 5.91 Å². The third kappa shape index (κ3) is 2.59. The number of nitrogens with zero attached hydrogens (tertiary/aromatic N) is 5. The van der Waals surface area contributed by atoms with E-state index in [9.17, 15) is 4.79 Å². The summed E-state index contributed by atoms with van der Waals surface area (Å²) in [5, 5.41) is 11.1. The first-order valence-electron chi connectivity index (χ1n) is 7.51. The zero-order valence-electron chi connectivity index (χ0n) is 12.5. The molecule has 1 aliphatic rings. The highest BCUT2D eigenvalue weighted by Gasteiger charge is 2.21. The summed E-state index contributed by atoms with van der Waals surface area (Å²) in [6.07, 6.45) is 2.43. The molecule has 0 saturated heterocycles. The number of hydrogen-bond acceptors (Lipinski definition) is 4. The predicted octanol–water partition coefficient (Wildman–Crippen LogP) is 1.86. The van der Waals surface area contributed by atoms with Gasteiger partial charge in [0.1, 0.15) is 6.33 Å². The lowest BCUT2D eigenvalue weighted by Gasteiger charge is -2.29. The van der Waals surface area contributed by atoms with Crippen molar-refractivity contribution in [2.24, 2.45) is 0 Å². The molecule has 23 heavy (non-hydrogen) atoms. The van der Waals surface area contributed by atoms with E-state index in [2.05, 4.69) is 27.7 Å². The Morgan fingerprint density at radius 2 is 1.78 bits per heavy atom. The number of tetrazole rings is 1. The summed E-state index contributed by atoms with van der Waals surface area (Å²) in [5.74, 6) is 0.0581. The molecule has 2 heterocycles. The molecule has 6 heteroatoms. The van der Waals surface area contributed by atoms with Gasteiger partial charge < -0.3 is 4.90 Å². The summed E-state index contributed by atoms with van der Waals surface area (Å²) in [6, 6.07) is 15.6. The van der Waals surface area contributed by atoms with Crippen molar-refractivity contribution in [2.75, 3.05) is 6.54 Å². The van der Waals surface area contributed by atoms with Gasteiger partial charge >= 0.3 is 0 Å². The molecule has 0 N–H and O–H groups in total. The van der Waals surface area contributed by atoms with E-state index in [4.69, 9.17) is 0 Å². The van der Waals surface area contributed by atoms with Crippen LogP contribution in [0.25, 0.3) is 5.69 Å². The van der Waals surface area contributed by atoms with Crippen molar-refractivity contribution in [3.05, 3.63) is 71.5 Å². The lowest BCUT2D eigenvalue weighted by atomic mass is 9.99. The molecular formula is C17H15N5O. The minimum Gasteiger partial charge on any atom is -0.334 e. The maximum absolute atomic E-state index is 12.7. The molecule has 0 fully saturated rings. The maximum Gasteiger partial charge on any atom is 0.254 e. The predicted molar refractivity (Wildman–Crippen MR) is 84.0 cm³/mol. The van der Waals surface area contributed by atoms with Gasteiger partial charge in [-0.2, -0.15) is 0 Å². The molecule has 2 aromatic carbocycles. The van der Waals surface area contributed by atoms with Gasteiger partial charge in [-0.3, -0.25) is 4.79 Å². The van der Waals surface area contributed by atoms with Crippen molar-refractivity contribution < 1.29 is 4.79 Å². The highest BCUT2D eigenvalue weighted by Crippen LogP contribution is 2.20. The van der Waals surface area contributed by atoms with E-state index in [1.54, 1.807) is 4.68 Å². The standard InChI is InChI=1S/C17H15N5O/c23-17(21-10-9-13-3-1-2-4-15(13)11-21)14-5-7-16(8-6-14)22-12-18-19-20-22/h1-8,12H,9-11H2. The molecule has 6 nitrogen and oxygen atoms in total. The van der Waals surface area contributed by atoms with Gasteiger partial charge in [-0.15, -0.1) is 5.10 Å². The molecule has 0 aliphatic carbocycles. The van der Waals surface area contributed by atoms with Gasteiger partial charge in [0.25, 0.3) is 5.91 Å². The fourth-order valence-electron chi connectivity index (χ4n) is 2.89. The van der Waals surface area contributed by atoms with Crippen molar-refractivity contribution in [1.29, 1.82) is 0 Å². The summed E-state index contributed by atoms with van der Waals surface area (Å²) >= 11 is 0. The van der Waals surface area contributed by atoms with Crippen molar-refractivity contribution in [1.82, 2.24) is 25.1 Å². The number of benzene rings is 2. The second-order valence-corrected chi connectivity index (χ2v) is 5.55. The first-order valence-corrected chi connectivity index (χ1v) is 7.51. The molecule has 0 atom stereocenters. The molecule has 0 unspecified atom stereocenters. The summed E-state index contributed by atoms with van der Waals surface area (Å²) in [7, 11) is 0. The van der Waals surface area contributed by atoms with E-state index in [0.29, 0.717) is 12.1 Å². The van der Waals surface area contributed by atoms with Crippen LogP contribution in [0.4, 0.5) is 0 Å². The van der Waals surface area contributed by atoms with E-state index in [1.807, 2.05) is 41.3 Å². The number of hydrogen-bond donors (Lipinski definition) is 0. The van der Waals surface area contributed by atoms with Gasteiger partial charge in [-0.05, 0) is 52.2 Å². The average Bonchev–Trinajstić information content (AvgIpc) is 3.15. The Hall–Kier alpha value is -3.02. The number of fused-ring (bicyclic) bond motifs is 1. The van der Waals surface area contributed by atoms with Crippen LogP contribution in [0.15, 0.2) is 54.9 Å². The third-order valence-electron chi connectivity index (χ3n) is 4.15. The lowest BCUT2D eigenvalue weighted by molar-refractivity contribution is 0.0734. The summed E-state index contributed by atoms with van der Waals surface area (Å²) in [6.45, 7) is 1.42. The number of aromatic nitrogens is 4. The Bertz CT molecular complexity index is 826. The number of rotatable bonds is 2. The number of carbonyl (C=O) groups is 1. The first-order chi connectivity index (χ1) is 11.3. The van der Waals surface area contributed by atoms with Gasteiger partial charge in [0.05, 0.1) is 5.69 Å². The Morgan fingerprint density at radius 1 is 1.00 bits per heavy atom. The topological polar surface area (TPSA) is 63.9 Å². The average molecular weight is 305 g/mol. The molecule has 114 valence electrons. The fraction of sp³-hybridized carbons (Fsp3) is 0.176. The van der Waals surface area contributed by atoms with Gasteiger partial charge in [0, 0.05) is 18.7 Å². The second-order valence-electron chi connectivity index (χ2n) is 5.55. The first kappa shape index (κ1) is 13.6. The van der Waals surface area contributed by atoms with Gasteiger partial charge in [-0.1, -0.05) is 24.3 Å². The maximum atomic E-state index is 12.7. The fourth-order valence-corrected chi connectivity index (χ4v) is 2.89. The quantitative estimate of drug-likeness (QED) is 0.725. The lowest BCUT2D eigenvalue weighted by Crippen LogP contribution is -2.35. The van der Waals surface area contributed by atoms with Crippen LogP contribution in [0, 0.1) is 0 Å². The Kier molecular flexibility index (Phi) is 3.34. The third-order valence-corrected chi connectivity index (χ3v) is 4.15. The summed E-state index contributed by atoms with van der Waals surface area (Å²) < 4.78 is 1.56. The van der Waals surface area contributed by atoms with Crippen LogP contribution >= 0.6 is 0 Å². The minimum atomic E-state index is 0.0581. The smallest absolute Gasteiger partial charge is 0.254 e. The Balaban J connectivity index is 1.53. The van der Waals surface area contributed by atoms with Crippen LogP contribution in [0.1, 0.15) is 21.5 Å². The van der Waals surface area contributed by atoms with E-state index in [1.165, 1.54) is 17.5 Å². The molecule has 3 aromatic rings. The molecule has 1 aliphatic heterocycles. The van der Waals surface area contributed by atoms with Crippen LogP contribution in [0.2, 0.25) is 0 Å². The normalized spacial score (nSPS) is 13.7. The zero-order valence-corrected chi connectivity index (χ0v) is 12.5. The SMILES string of the molecule is O=C(c1ccc(-n2cnnn2)cc1)N1CCc2ccccc2C1. The van der Waals surface area contributed by atoms with Gasteiger partial charge in [0.2, 0.25) is 0 Å². The molecule has 1 amide bonds. The van der Waals surface area contributed by atoms with Crippen LogP contribution in [0.3, 0.4) is 0 Å². The Labute approximate surface area is 133 Å². The van der Waals surface area contributed by atoms with E-state index in [0.717, 1.165) is 18.7 Å². The molecule has 4 rings (SSSR count). The molecular weight excluding hydrogens is 290 g/mol. The largest absolute Gasteiger partial charge is 0.334 e. The van der Waals surface area contributed by atoms with Crippen molar-refractivity contribution in [3.8, 4) is 5.69 Å². The molecule has 0 radical (unpaired) electrons. The highest BCUT2D eigenvalue weighted by molar-refractivity contribution is 5.94. The monoisotopic (exact) mass is 305 g/mol. The molecule has 1 aromatic heterocycles. The summed E-state index contributed by atoms with van der Waals surface area (Å²) in [5.41, 5.74) is 4.08. The number of amides is 1. The molecule has 0 spiro atoms. The highest BCUT2D eigenvalue weighted by atomic mass is 16.2. The van der Waals surface area contributed by atoms with Crippen molar-refractivity contribution in [2.45, 2.75) is 13.0 Å². The van der Waals surface area contributed by atoms with E-state index >= 15 is 0 Å². The number of carbonyl (C=O) groups excluding carboxylic acids is 1. The zero-order chi connectivity index (χ0) is 15.6. The van der Waals surface area contributed by atoms with Gasteiger partial charge in [-0.25, -0.2) is 4.68 Å². The van der Waals surface area contributed by atoms with Crippen LogP contribution < -0.4 is 0 Å². The molecule has 0 bridgehead atoms. The van der Waals surface area contributed by atoms with Crippen molar-refractivity contribution in [3.63, 3.8) is 0 Å². The van der Waals surface area contributed by atoms with E-state index < -0.39 is 0 Å². The van der Waals surface area contributed by atoms with Crippen LogP contribution in [-0.2, 0) is 13.0 Å². The second kappa shape index (κ2) is 5.64. The van der Waals surface area contributed by atoms with Gasteiger partial charge in [0.15, 0.2) is 0 Å². The molecule has 0 saturated carbocycles. The van der Waals surface area contributed by atoms with Crippen LogP contribution in [0.5, 0.6) is 0 Å². The Morgan fingerprint density at radius 3 is 2.52 bits per heavy atom. The van der Waals surface area contributed by atoms with E-state index in [-0.39, 0.29) is 5.91 Å². The summed E-state index contributed by atoms with van der Waals surface area (Å²) in [4.78, 5) is 14.6.